The first-order chi connectivity index (χ1) is 14.6. The van der Waals surface area contributed by atoms with Crippen molar-refractivity contribution < 1.29 is 9.13 Å². The van der Waals surface area contributed by atoms with Gasteiger partial charge in [-0.3, -0.25) is 9.08 Å². The number of hydrogen-bond acceptors (Lipinski definition) is 6. The number of aromatic nitrogens is 7. The second kappa shape index (κ2) is 7.47. The van der Waals surface area contributed by atoms with Gasteiger partial charge in [-0.15, -0.1) is 10.2 Å². The molecule has 5 rings (SSSR count). The third-order valence-electron chi connectivity index (χ3n) is 5.57. The fourth-order valence-electron chi connectivity index (χ4n) is 4.18. The highest BCUT2D eigenvalue weighted by Crippen LogP contribution is 2.40. The van der Waals surface area contributed by atoms with Crippen molar-refractivity contribution in [2.75, 3.05) is 0 Å². The smallest absolute Gasteiger partial charge is 0.236 e. The monoisotopic (exact) mass is 407 g/mol. The van der Waals surface area contributed by atoms with Crippen LogP contribution in [0.25, 0.3) is 16.9 Å². The highest BCUT2D eigenvalue weighted by molar-refractivity contribution is 5.75. The molecule has 0 N–H and O–H groups in total. The van der Waals surface area contributed by atoms with E-state index in [1.807, 2.05) is 18.4 Å². The lowest BCUT2D eigenvalue weighted by molar-refractivity contribution is 0.280. The molecule has 30 heavy (non-hydrogen) atoms. The van der Waals surface area contributed by atoms with Crippen LogP contribution in [0.4, 0.5) is 4.39 Å². The summed E-state index contributed by atoms with van der Waals surface area (Å²) in [6.45, 7) is 2.09. The number of imidazole rings is 1. The lowest BCUT2D eigenvalue weighted by Gasteiger charge is -2.13. The molecular weight excluding hydrogens is 385 g/mol. The maximum absolute atomic E-state index is 14.5. The van der Waals surface area contributed by atoms with Crippen molar-refractivity contribution >= 4 is 5.65 Å². The Morgan fingerprint density at radius 3 is 2.70 bits per heavy atom. The van der Waals surface area contributed by atoms with Gasteiger partial charge in [0.05, 0.1) is 5.69 Å². The number of benzene rings is 1. The molecule has 0 radical (unpaired) electrons. The van der Waals surface area contributed by atoms with E-state index in [1.54, 1.807) is 29.2 Å². The summed E-state index contributed by atoms with van der Waals surface area (Å²) in [5, 5.41) is 12.9. The number of aryl methyl sites for hydroxylation is 2. The zero-order valence-corrected chi connectivity index (χ0v) is 16.9. The van der Waals surface area contributed by atoms with Crippen molar-refractivity contribution in [1.82, 2.24) is 34.3 Å². The number of halogens is 1. The average Bonchev–Trinajstić information content (AvgIpc) is 3.47. The lowest BCUT2D eigenvalue weighted by atomic mass is 10.0. The van der Waals surface area contributed by atoms with Gasteiger partial charge in [-0.1, -0.05) is 25.0 Å². The van der Waals surface area contributed by atoms with Crippen LogP contribution >= 0.6 is 0 Å². The zero-order valence-electron chi connectivity index (χ0n) is 16.9. The largest absolute Gasteiger partial charge is 0.468 e. The Labute approximate surface area is 172 Å². The Kier molecular flexibility index (Phi) is 4.65. The molecular formula is C21H22FN7O. The Balaban J connectivity index is 1.66. The van der Waals surface area contributed by atoms with Gasteiger partial charge in [0.15, 0.2) is 18.1 Å². The molecule has 1 aliphatic rings. The number of rotatable bonds is 5. The van der Waals surface area contributed by atoms with Crippen LogP contribution in [0.15, 0.2) is 30.6 Å². The molecule has 9 heteroatoms. The molecule has 0 spiro atoms. The maximum Gasteiger partial charge on any atom is 0.236 e. The van der Waals surface area contributed by atoms with E-state index in [9.17, 15) is 4.39 Å². The molecule has 8 nitrogen and oxygen atoms in total. The Bertz CT molecular complexity index is 1210. The first-order valence-corrected chi connectivity index (χ1v) is 10.1. The van der Waals surface area contributed by atoms with Gasteiger partial charge >= 0.3 is 0 Å². The summed E-state index contributed by atoms with van der Waals surface area (Å²) in [5.41, 5.74) is 2.31. The van der Waals surface area contributed by atoms with E-state index in [2.05, 4.69) is 20.3 Å². The molecule has 0 saturated heterocycles. The highest BCUT2D eigenvalue weighted by atomic mass is 19.1. The van der Waals surface area contributed by atoms with E-state index in [4.69, 9.17) is 9.72 Å². The van der Waals surface area contributed by atoms with Gasteiger partial charge in [0, 0.05) is 18.5 Å². The molecule has 0 amide bonds. The lowest BCUT2D eigenvalue weighted by Crippen LogP contribution is -2.08. The first kappa shape index (κ1) is 18.7. The molecule has 154 valence electrons. The highest BCUT2D eigenvalue weighted by Gasteiger charge is 2.29. The van der Waals surface area contributed by atoms with Crippen LogP contribution in [0, 0.1) is 12.7 Å². The van der Waals surface area contributed by atoms with Crippen LogP contribution in [0.1, 0.15) is 48.9 Å². The summed E-state index contributed by atoms with van der Waals surface area (Å²) < 4.78 is 24.2. The summed E-state index contributed by atoms with van der Waals surface area (Å²) in [5.74, 6) is 1.75. The fourth-order valence-corrected chi connectivity index (χ4v) is 4.18. The summed E-state index contributed by atoms with van der Waals surface area (Å²) in [6.07, 6.45) is 6.08. The van der Waals surface area contributed by atoms with Gasteiger partial charge in [0.1, 0.15) is 23.7 Å². The van der Waals surface area contributed by atoms with Gasteiger partial charge in [-0.25, -0.2) is 9.37 Å². The SMILES string of the molecule is Cc1nnc(-c2ccccc2F)c2nc(OCc3ncn(C)n3)c(C3CCCC3)n12. The molecule has 1 saturated carbocycles. The number of fused-ring (bicyclic) bond motifs is 1. The van der Waals surface area contributed by atoms with Gasteiger partial charge in [-0.2, -0.15) is 10.1 Å². The van der Waals surface area contributed by atoms with Crippen LogP contribution in [0.5, 0.6) is 5.88 Å². The van der Waals surface area contributed by atoms with E-state index >= 15 is 0 Å². The van der Waals surface area contributed by atoms with Crippen molar-refractivity contribution in [2.45, 2.75) is 45.1 Å². The number of hydrogen-bond donors (Lipinski definition) is 0. The molecule has 0 bridgehead atoms. The van der Waals surface area contributed by atoms with E-state index in [0.717, 1.165) is 31.4 Å². The Hall–Kier alpha value is -3.36. The summed E-state index contributed by atoms with van der Waals surface area (Å²) in [6, 6.07) is 6.54. The van der Waals surface area contributed by atoms with E-state index in [1.165, 1.54) is 6.07 Å². The minimum absolute atomic E-state index is 0.208. The zero-order chi connectivity index (χ0) is 20.7. The minimum Gasteiger partial charge on any atom is -0.468 e. The summed E-state index contributed by atoms with van der Waals surface area (Å²) in [4.78, 5) is 8.99. The Morgan fingerprint density at radius 2 is 1.97 bits per heavy atom. The molecule has 0 atom stereocenters. The third kappa shape index (κ3) is 3.20. The molecule has 1 aromatic carbocycles. The molecule has 1 fully saturated rings. The van der Waals surface area contributed by atoms with Crippen LogP contribution in [-0.4, -0.2) is 34.3 Å². The van der Waals surface area contributed by atoms with Crippen molar-refractivity contribution in [3.8, 4) is 17.1 Å². The second-order valence-electron chi connectivity index (χ2n) is 7.64. The van der Waals surface area contributed by atoms with Crippen molar-refractivity contribution in [3.63, 3.8) is 0 Å². The van der Waals surface area contributed by atoms with Crippen LogP contribution < -0.4 is 4.74 Å². The summed E-state index contributed by atoms with van der Waals surface area (Å²) >= 11 is 0. The molecule has 0 unspecified atom stereocenters. The molecule has 4 aromatic rings. The van der Waals surface area contributed by atoms with Crippen LogP contribution in [0.2, 0.25) is 0 Å². The number of ether oxygens (including phenoxy) is 1. The van der Waals surface area contributed by atoms with Gasteiger partial charge in [-0.05, 0) is 31.9 Å². The van der Waals surface area contributed by atoms with E-state index in [0.29, 0.717) is 40.4 Å². The van der Waals surface area contributed by atoms with Gasteiger partial charge < -0.3 is 4.74 Å². The Morgan fingerprint density at radius 1 is 1.17 bits per heavy atom. The topological polar surface area (TPSA) is 83.0 Å². The van der Waals surface area contributed by atoms with Crippen molar-refractivity contribution in [2.24, 2.45) is 7.05 Å². The van der Waals surface area contributed by atoms with Crippen molar-refractivity contribution in [3.05, 3.63) is 53.8 Å². The summed E-state index contributed by atoms with van der Waals surface area (Å²) in [7, 11) is 1.81. The first-order valence-electron chi connectivity index (χ1n) is 10.1. The minimum atomic E-state index is -0.358. The third-order valence-corrected chi connectivity index (χ3v) is 5.57. The van der Waals surface area contributed by atoms with Crippen molar-refractivity contribution in [1.29, 1.82) is 0 Å². The predicted molar refractivity (Wildman–Crippen MR) is 107 cm³/mol. The van der Waals surface area contributed by atoms with Crippen LogP contribution in [-0.2, 0) is 13.7 Å². The number of nitrogens with zero attached hydrogens (tertiary/aromatic N) is 7. The normalized spacial score (nSPS) is 14.6. The van der Waals surface area contributed by atoms with Gasteiger partial charge in [0.2, 0.25) is 5.88 Å². The molecule has 0 aliphatic heterocycles. The standard InChI is InChI=1S/C21H22FN7O/c1-13-25-26-18(15-9-5-6-10-16(15)22)20-24-21(30-11-17-23-12-28(2)27-17)19(29(13)20)14-7-3-4-8-14/h5-6,9-10,12,14H,3-4,7-8,11H2,1-2H3. The van der Waals surface area contributed by atoms with Crippen LogP contribution in [0.3, 0.4) is 0 Å². The molecule has 1 aliphatic carbocycles. The predicted octanol–water partition coefficient (Wildman–Crippen LogP) is 3.60. The molecule has 3 aromatic heterocycles. The fraction of sp³-hybridized carbons (Fsp3) is 0.381. The van der Waals surface area contributed by atoms with E-state index in [-0.39, 0.29) is 12.4 Å². The maximum atomic E-state index is 14.5. The second-order valence-corrected chi connectivity index (χ2v) is 7.64. The average molecular weight is 407 g/mol. The quantitative estimate of drug-likeness (QED) is 0.503. The van der Waals surface area contributed by atoms with Gasteiger partial charge in [0.25, 0.3) is 0 Å². The van der Waals surface area contributed by atoms with E-state index < -0.39 is 0 Å². The molecule has 3 heterocycles.